The van der Waals surface area contributed by atoms with Crippen LogP contribution in [0.5, 0.6) is 5.75 Å². The minimum atomic E-state index is -0.534. The highest BCUT2D eigenvalue weighted by molar-refractivity contribution is 7.80. The molecule has 0 aliphatic carbocycles. The Morgan fingerprint density at radius 1 is 1.12 bits per heavy atom. The van der Waals surface area contributed by atoms with Gasteiger partial charge in [-0.05, 0) is 80.5 Å². The zero-order valence-electron chi connectivity index (χ0n) is 25.1. The van der Waals surface area contributed by atoms with E-state index in [1.165, 1.54) is 16.8 Å². The average molecular weight is 570 g/mol. The van der Waals surface area contributed by atoms with Gasteiger partial charge in [0.1, 0.15) is 5.75 Å². The van der Waals surface area contributed by atoms with Gasteiger partial charge in [-0.1, -0.05) is 39.0 Å². The van der Waals surface area contributed by atoms with Gasteiger partial charge in [0.25, 0.3) is 0 Å². The number of ether oxygens (including phenoxy) is 1. The molecule has 8 heteroatoms. The third kappa shape index (κ3) is 5.28. The van der Waals surface area contributed by atoms with Crippen LogP contribution in [0.15, 0.2) is 66.9 Å². The van der Waals surface area contributed by atoms with E-state index in [1.54, 1.807) is 7.11 Å². The molecule has 3 heterocycles. The number of pyridine rings is 1. The van der Waals surface area contributed by atoms with Crippen LogP contribution < -0.4 is 25.2 Å². The zero-order valence-corrected chi connectivity index (χ0v) is 25.9. The van der Waals surface area contributed by atoms with Crippen LogP contribution in [0.2, 0.25) is 0 Å². The summed E-state index contributed by atoms with van der Waals surface area (Å²) in [5, 5.41) is 7.15. The Kier molecular flexibility index (Phi) is 7.32. The molecule has 0 saturated carbocycles. The lowest BCUT2D eigenvalue weighted by molar-refractivity contribution is -0.123. The zero-order chi connectivity index (χ0) is 29.7. The first-order valence-electron chi connectivity index (χ1n) is 13.9. The van der Waals surface area contributed by atoms with Gasteiger partial charge in [0, 0.05) is 41.7 Å². The number of thiocarbonyl (C=S) groups is 1. The van der Waals surface area contributed by atoms with Crippen LogP contribution in [0.25, 0.3) is 5.57 Å². The molecule has 2 unspecified atom stereocenters. The molecular weight excluding hydrogens is 530 g/mol. The van der Waals surface area contributed by atoms with Crippen LogP contribution in [-0.4, -0.2) is 35.7 Å². The topological polar surface area (TPSA) is 69.7 Å². The molecular formula is C33H39N5O2S. The molecule has 5 rings (SSSR count). The van der Waals surface area contributed by atoms with Crippen molar-refractivity contribution < 1.29 is 9.53 Å². The number of fused-ring (bicyclic) bond motifs is 1. The Morgan fingerprint density at radius 2 is 1.88 bits per heavy atom. The maximum absolute atomic E-state index is 12.7. The maximum Gasteiger partial charge on any atom is 0.229 e. The number of carbonyl (C=O) groups excluding carboxylic acids is 1. The van der Waals surface area contributed by atoms with Crippen LogP contribution in [0.4, 0.5) is 17.1 Å². The summed E-state index contributed by atoms with van der Waals surface area (Å²) < 4.78 is 5.74. The maximum atomic E-state index is 12.7. The van der Waals surface area contributed by atoms with E-state index in [-0.39, 0.29) is 23.5 Å². The molecule has 1 amide bonds. The summed E-state index contributed by atoms with van der Waals surface area (Å²) in [6.45, 7) is 12.3. The van der Waals surface area contributed by atoms with Crippen molar-refractivity contribution in [2.75, 3.05) is 29.3 Å². The molecule has 0 radical (unpaired) electrons. The summed E-state index contributed by atoms with van der Waals surface area (Å²) in [5.41, 5.74) is 6.56. The molecule has 2 atom stereocenters. The van der Waals surface area contributed by atoms with Crippen molar-refractivity contribution in [3.63, 3.8) is 0 Å². The van der Waals surface area contributed by atoms with E-state index in [2.05, 4.69) is 72.5 Å². The first-order chi connectivity index (χ1) is 19.3. The van der Waals surface area contributed by atoms with Crippen molar-refractivity contribution in [1.82, 2.24) is 10.3 Å². The summed E-state index contributed by atoms with van der Waals surface area (Å²) in [6, 6.07) is 18.1. The average Bonchev–Trinajstić information content (AvgIpc) is 3.28. The summed E-state index contributed by atoms with van der Waals surface area (Å²) in [4.78, 5) is 21.9. The molecule has 2 aliphatic heterocycles. The third-order valence-electron chi connectivity index (χ3n) is 8.07. The lowest BCUT2D eigenvalue weighted by Gasteiger charge is -2.41. The SMILES string of the molecule is COc1cc(N2C(=S)NC(c3ccccn3)C2c2ccc3c(c2)C(C)=CC(C)(C)N3C)ccc1NC(=O)C(C)(C)C. The highest BCUT2D eigenvalue weighted by Gasteiger charge is 2.41. The largest absolute Gasteiger partial charge is 0.494 e. The third-order valence-corrected chi connectivity index (χ3v) is 8.39. The van der Waals surface area contributed by atoms with Gasteiger partial charge in [0.15, 0.2) is 5.11 Å². The lowest BCUT2D eigenvalue weighted by Crippen LogP contribution is -2.42. The molecule has 0 bridgehead atoms. The summed E-state index contributed by atoms with van der Waals surface area (Å²) in [7, 11) is 3.75. The molecule has 214 valence electrons. The molecule has 2 N–H and O–H groups in total. The normalized spacial score (nSPS) is 19.8. The quantitative estimate of drug-likeness (QED) is 0.325. The second kappa shape index (κ2) is 10.5. The number of rotatable bonds is 5. The molecule has 1 fully saturated rings. The standard InChI is InChI=1S/C33H39N5O2S/c1-20-19-33(5,6)37(7)26-15-12-21(17-23(20)26)29-28(25-11-9-10-16-34-25)36-31(41)38(29)22-13-14-24(27(18-22)40-8)35-30(39)32(2,3)4/h9-19,28-29H,1-8H3,(H,35,39)(H,36,41). The van der Waals surface area contributed by atoms with Gasteiger partial charge in [-0.3, -0.25) is 9.78 Å². The van der Waals surface area contributed by atoms with Gasteiger partial charge in [0.2, 0.25) is 5.91 Å². The number of hydrogen-bond donors (Lipinski definition) is 2. The molecule has 2 aliphatic rings. The van der Waals surface area contributed by atoms with Crippen LogP contribution in [0.1, 0.15) is 70.4 Å². The second-order valence-corrected chi connectivity index (χ2v) is 12.8. The number of benzene rings is 2. The minimum Gasteiger partial charge on any atom is -0.494 e. The molecule has 0 spiro atoms. The Hall–Kier alpha value is -3.91. The first kappa shape index (κ1) is 28.6. The van der Waals surface area contributed by atoms with E-state index in [1.807, 2.05) is 63.4 Å². The molecule has 1 saturated heterocycles. The van der Waals surface area contributed by atoms with Crippen molar-refractivity contribution in [1.29, 1.82) is 0 Å². The Morgan fingerprint density at radius 3 is 2.54 bits per heavy atom. The summed E-state index contributed by atoms with van der Waals surface area (Å²) in [5.74, 6) is 0.483. The van der Waals surface area contributed by atoms with Gasteiger partial charge < -0.3 is 25.2 Å². The van der Waals surface area contributed by atoms with Gasteiger partial charge in [-0.25, -0.2) is 0 Å². The van der Waals surface area contributed by atoms with E-state index < -0.39 is 5.41 Å². The van der Waals surface area contributed by atoms with E-state index in [0.29, 0.717) is 16.5 Å². The van der Waals surface area contributed by atoms with Crippen molar-refractivity contribution in [3.05, 3.63) is 83.7 Å². The number of nitrogens with zero attached hydrogens (tertiary/aromatic N) is 3. The Balaban J connectivity index is 1.61. The molecule has 7 nitrogen and oxygen atoms in total. The number of hydrogen-bond acceptors (Lipinski definition) is 5. The van der Waals surface area contributed by atoms with Crippen molar-refractivity contribution in [2.45, 2.75) is 59.2 Å². The Bertz CT molecular complexity index is 1530. The number of nitrogens with one attached hydrogen (secondary N) is 2. The van der Waals surface area contributed by atoms with Crippen molar-refractivity contribution in [3.8, 4) is 5.75 Å². The summed E-state index contributed by atoms with van der Waals surface area (Å²) in [6.07, 6.45) is 4.13. The van der Waals surface area contributed by atoms with E-state index in [0.717, 1.165) is 16.9 Å². The number of amides is 1. The van der Waals surface area contributed by atoms with E-state index in [9.17, 15) is 4.79 Å². The van der Waals surface area contributed by atoms with Crippen molar-refractivity contribution in [2.24, 2.45) is 5.41 Å². The number of likely N-dealkylation sites (N-methyl/N-ethyl adjacent to an activating group) is 1. The van der Waals surface area contributed by atoms with Crippen LogP contribution in [-0.2, 0) is 4.79 Å². The van der Waals surface area contributed by atoms with Crippen LogP contribution in [0, 0.1) is 5.41 Å². The van der Waals surface area contributed by atoms with Gasteiger partial charge in [-0.15, -0.1) is 0 Å². The molecule has 1 aromatic heterocycles. The fraction of sp³-hybridized carbons (Fsp3) is 0.364. The van der Waals surface area contributed by atoms with Crippen LogP contribution in [0.3, 0.4) is 0 Å². The summed E-state index contributed by atoms with van der Waals surface area (Å²) >= 11 is 5.96. The number of anilines is 3. The van der Waals surface area contributed by atoms with Crippen molar-refractivity contribution >= 4 is 45.9 Å². The number of carbonyl (C=O) groups is 1. The fourth-order valence-corrected chi connectivity index (χ4v) is 5.92. The fourth-order valence-electron chi connectivity index (χ4n) is 5.58. The van der Waals surface area contributed by atoms with Gasteiger partial charge in [-0.2, -0.15) is 0 Å². The number of allylic oxidation sites excluding steroid dienone is 1. The molecule has 3 aromatic rings. The predicted molar refractivity (Wildman–Crippen MR) is 172 cm³/mol. The first-order valence-corrected chi connectivity index (χ1v) is 14.3. The number of methoxy groups -OCH3 is 1. The predicted octanol–water partition coefficient (Wildman–Crippen LogP) is 6.88. The van der Waals surface area contributed by atoms with E-state index >= 15 is 0 Å². The number of aromatic nitrogens is 1. The second-order valence-electron chi connectivity index (χ2n) is 12.4. The Labute approximate surface area is 248 Å². The molecule has 2 aromatic carbocycles. The van der Waals surface area contributed by atoms with Crippen LogP contribution >= 0.6 is 12.2 Å². The molecule has 41 heavy (non-hydrogen) atoms. The highest BCUT2D eigenvalue weighted by Crippen LogP contribution is 2.46. The van der Waals surface area contributed by atoms with Gasteiger partial charge in [0.05, 0.1) is 36.1 Å². The highest BCUT2D eigenvalue weighted by atomic mass is 32.1. The van der Waals surface area contributed by atoms with E-state index in [4.69, 9.17) is 21.9 Å². The lowest BCUT2D eigenvalue weighted by atomic mass is 9.86. The minimum absolute atomic E-state index is 0.0711. The smallest absolute Gasteiger partial charge is 0.229 e. The monoisotopic (exact) mass is 569 g/mol. The van der Waals surface area contributed by atoms with Gasteiger partial charge >= 0.3 is 0 Å².